The second kappa shape index (κ2) is 11.0. The molecule has 0 saturated carbocycles. The van der Waals surface area contributed by atoms with E-state index in [-0.39, 0.29) is 24.6 Å². The van der Waals surface area contributed by atoms with Gasteiger partial charge in [-0.3, -0.25) is 14.4 Å². The van der Waals surface area contributed by atoms with Gasteiger partial charge in [0.1, 0.15) is 5.75 Å². The summed E-state index contributed by atoms with van der Waals surface area (Å²) in [7, 11) is 0. The van der Waals surface area contributed by atoms with Crippen molar-refractivity contribution in [1.29, 1.82) is 0 Å². The van der Waals surface area contributed by atoms with Crippen LogP contribution in [0.1, 0.15) is 59.0 Å². The summed E-state index contributed by atoms with van der Waals surface area (Å²) in [5, 5.41) is 0. The number of hydrazine groups is 1. The minimum Gasteiger partial charge on any atom is -0.427 e. The third-order valence-electron chi connectivity index (χ3n) is 4.32. The largest absolute Gasteiger partial charge is 0.427 e. The number of amides is 1. The molecule has 0 radical (unpaired) electrons. The molecule has 0 aromatic heterocycles. The fraction of sp³-hybridized carbons (Fsp3) is 0.318. The number of halogens is 3. The number of esters is 1. The number of rotatable bonds is 7. The first-order valence-corrected chi connectivity index (χ1v) is 9.94. The van der Waals surface area contributed by atoms with Gasteiger partial charge in [0.25, 0.3) is 5.91 Å². The van der Waals surface area contributed by atoms with Crippen molar-refractivity contribution in [3.63, 3.8) is 0 Å². The van der Waals surface area contributed by atoms with Crippen molar-refractivity contribution in [2.45, 2.75) is 46.6 Å². The SMILES string of the molecule is CC(=O)Oc1ccc(C(=O)CC(C)(C)N(Cl)N(Cl)C(=O)c2cc(C)cc(C)c2)cc1.Cl. The van der Waals surface area contributed by atoms with Crippen LogP contribution in [0.3, 0.4) is 0 Å². The van der Waals surface area contributed by atoms with E-state index >= 15 is 0 Å². The van der Waals surface area contributed by atoms with Gasteiger partial charge in [-0.25, -0.2) is 0 Å². The van der Waals surface area contributed by atoms with Crippen LogP contribution < -0.4 is 4.74 Å². The molecular weight excluding hydrogens is 463 g/mol. The quantitative estimate of drug-likeness (QED) is 0.165. The zero-order valence-electron chi connectivity index (χ0n) is 17.9. The lowest BCUT2D eigenvalue weighted by molar-refractivity contribution is -0.131. The third kappa shape index (κ3) is 7.21. The van der Waals surface area contributed by atoms with Crippen molar-refractivity contribution >= 4 is 53.6 Å². The fourth-order valence-electron chi connectivity index (χ4n) is 2.96. The van der Waals surface area contributed by atoms with Crippen molar-refractivity contribution in [2.75, 3.05) is 0 Å². The molecule has 0 spiro atoms. The summed E-state index contributed by atoms with van der Waals surface area (Å²) in [6.45, 7) is 8.48. The molecule has 0 heterocycles. The number of carbonyl (C=O) groups is 3. The van der Waals surface area contributed by atoms with Gasteiger partial charge in [-0.1, -0.05) is 17.2 Å². The van der Waals surface area contributed by atoms with E-state index in [4.69, 9.17) is 28.3 Å². The van der Waals surface area contributed by atoms with E-state index in [1.807, 2.05) is 19.9 Å². The van der Waals surface area contributed by atoms with Crippen LogP contribution in [0.4, 0.5) is 0 Å². The smallest absolute Gasteiger partial charge is 0.308 e. The number of carbonyl (C=O) groups excluding carboxylic acids is 3. The van der Waals surface area contributed by atoms with Crippen LogP contribution in [0, 0.1) is 13.8 Å². The highest BCUT2D eigenvalue weighted by Crippen LogP contribution is 2.28. The van der Waals surface area contributed by atoms with E-state index in [0.29, 0.717) is 16.9 Å². The highest BCUT2D eigenvalue weighted by molar-refractivity contribution is 6.27. The summed E-state index contributed by atoms with van der Waals surface area (Å²) in [6.07, 6.45) is -0.00719. The van der Waals surface area contributed by atoms with Crippen molar-refractivity contribution in [3.05, 3.63) is 64.7 Å². The molecular formula is C22H25Cl3N2O4. The number of hydrogen-bond donors (Lipinski definition) is 0. The average molecular weight is 488 g/mol. The van der Waals surface area contributed by atoms with Crippen LogP contribution in [0.2, 0.25) is 0 Å². The minimum absolute atomic E-state index is 0. The van der Waals surface area contributed by atoms with Crippen LogP contribution in [-0.2, 0) is 4.79 Å². The Morgan fingerprint density at radius 1 is 0.935 bits per heavy atom. The Morgan fingerprint density at radius 3 is 1.94 bits per heavy atom. The summed E-state index contributed by atoms with van der Waals surface area (Å²) >= 11 is 12.6. The van der Waals surface area contributed by atoms with Crippen molar-refractivity contribution in [3.8, 4) is 5.75 Å². The topological polar surface area (TPSA) is 66.9 Å². The number of Topliss-reactive ketones (excluding diaryl/α,β-unsaturated/α-hetero) is 1. The minimum atomic E-state index is -0.969. The maximum Gasteiger partial charge on any atom is 0.308 e. The monoisotopic (exact) mass is 486 g/mol. The summed E-state index contributed by atoms with van der Waals surface area (Å²) in [4.78, 5) is 36.5. The maximum atomic E-state index is 12.8. The molecule has 0 saturated heterocycles. The Kier molecular flexibility index (Phi) is 9.51. The lowest BCUT2D eigenvalue weighted by Gasteiger charge is -2.36. The predicted octanol–water partition coefficient (Wildman–Crippen LogP) is 5.67. The van der Waals surface area contributed by atoms with Gasteiger partial charge in [0.15, 0.2) is 5.78 Å². The lowest BCUT2D eigenvalue weighted by atomic mass is 9.95. The van der Waals surface area contributed by atoms with E-state index in [1.165, 1.54) is 19.1 Å². The molecule has 1 amide bonds. The summed E-state index contributed by atoms with van der Waals surface area (Å²) in [5.41, 5.74) is 1.71. The Balaban J connectivity index is 0.00000480. The van der Waals surface area contributed by atoms with Crippen molar-refractivity contribution < 1.29 is 19.1 Å². The molecule has 2 rings (SSSR count). The lowest BCUT2D eigenvalue weighted by Crippen LogP contribution is -2.48. The maximum absolute atomic E-state index is 12.8. The van der Waals surface area contributed by atoms with Crippen LogP contribution >= 0.6 is 36.0 Å². The van der Waals surface area contributed by atoms with Gasteiger partial charge in [0, 0.05) is 48.0 Å². The molecule has 6 nitrogen and oxygen atoms in total. The number of nitrogens with zero attached hydrogens (tertiary/aromatic N) is 2. The normalized spacial score (nSPS) is 11.0. The molecule has 2 aromatic rings. The molecule has 0 aliphatic heterocycles. The summed E-state index contributed by atoms with van der Waals surface area (Å²) in [5.74, 6) is -0.791. The second-order valence-corrected chi connectivity index (χ2v) is 8.37. The number of ketones is 1. The van der Waals surface area contributed by atoms with Gasteiger partial charge in [0.2, 0.25) is 0 Å². The van der Waals surface area contributed by atoms with E-state index in [0.717, 1.165) is 20.2 Å². The highest BCUT2D eigenvalue weighted by atomic mass is 35.5. The second-order valence-electron chi connectivity index (χ2n) is 7.73. The first-order valence-electron chi connectivity index (χ1n) is 9.27. The first-order chi connectivity index (χ1) is 13.9. The van der Waals surface area contributed by atoms with Crippen LogP contribution in [0.15, 0.2) is 42.5 Å². The number of benzene rings is 2. The van der Waals surface area contributed by atoms with Gasteiger partial charge in [-0.2, -0.15) is 4.53 Å². The molecule has 2 aromatic carbocycles. The molecule has 31 heavy (non-hydrogen) atoms. The molecule has 0 aliphatic carbocycles. The summed E-state index contributed by atoms with van der Waals surface area (Å²) in [6, 6.07) is 11.6. The van der Waals surface area contributed by atoms with Gasteiger partial charge >= 0.3 is 5.97 Å². The van der Waals surface area contributed by atoms with Gasteiger partial charge < -0.3 is 4.74 Å². The number of ether oxygens (including phenoxy) is 1. The molecule has 168 valence electrons. The zero-order chi connectivity index (χ0) is 22.6. The van der Waals surface area contributed by atoms with Crippen LogP contribution in [0.25, 0.3) is 0 Å². The molecule has 0 unspecified atom stereocenters. The number of aryl methyl sites for hydroxylation is 2. The Hall–Kier alpha value is -2.12. The molecule has 0 bridgehead atoms. The molecule has 0 aliphatic rings. The molecule has 0 atom stereocenters. The van der Waals surface area contributed by atoms with Gasteiger partial charge in [-0.15, -0.1) is 16.9 Å². The van der Waals surface area contributed by atoms with E-state index in [9.17, 15) is 14.4 Å². The Morgan fingerprint density at radius 2 is 1.45 bits per heavy atom. The molecule has 0 fully saturated rings. The predicted molar refractivity (Wildman–Crippen MR) is 124 cm³/mol. The van der Waals surface area contributed by atoms with Crippen LogP contribution in [0.5, 0.6) is 5.75 Å². The highest BCUT2D eigenvalue weighted by Gasteiger charge is 2.35. The van der Waals surface area contributed by atoms with Crippen LogP contribution in [-0.4, -0.2) is 32.3 Å². The van der Waals surface area contributed by atoms with Crippen molar-refractivity contribution in [2.24, 2.45) is 0 Å². The van der Waals surface area contributed by atoms with E-state index < -0.39 is 17.4 Å². The standard InChI is InChI=1S/C22H24Cl2N2O4.ClH/c1-14-10-15(2)12-18(11-14)21(29)25(23)26(24)22(4,5)13-20(28)17-6-8-19(9-7-17)30-16(3)27;/h6-12H,13H2,1-5H3;1H. The third-order valence-corrected chi connectivity index (χ3v) is 5.31. The summed E-state index contributed by atoms with van der Waals surface area (Å²) < 4.78 is 6.78. The van der Waals surface area contributed by atoms with Crippen molar-refractivity contribution in [1.82, 2.24) is 9.06 Å². The first kappa shape index (κ1) is 26.9. The molecule has 9 heteroatoms. The van der Waals surface area contributed by atoms with E-state index in [2.05, 4.69) is 0 Å². The fourth-order valence-corrected chi connectivity index (χ4v) is 3.39. The molecule has 0 N–H and O–H groups in total. The average Bonchev–Trinajstić information content (AvgIpc) is 2.65. The Bertz CT molecular complexity index is 941. The number of hydrogen-bond acceptors (Lipinski definition) is 5. The Labute approximate surface area is 198 Å². The van der Waals surface area contributed by atoms with Gasteiger partial charge in [-0.05, 0) is 64.1 Å². The zero-order valence-corrected chi connectivity index (χ0v) is 20.3. The van der Waals surface area contributed by atoms with E-state index in [1.54, 1.807) is 38.1 Å². The van der Waals surface area contributed by atoms with Gasteiger partial charge in [0.05, 0.1) is 5.54 Å².